The highest BCUT2D eigenvalue weighted by molar-refractivity contribution is 6.50. The molecule has 0 aromatic heterocycles. The van der Waals surface area contributed by atoms with Crippen molar-refractivity contribution in [2.24, 2.45) is 0 Å². The van der Waals surface area contributed by atoms with Crippen LogP contribution in [0, 0.1) is 0 Å². The molecule has 4 nitrogen and oxygen atoms in total. The third kappa shape index (κ3) is 2.83. The number of hydrogen-bond acceptors (Lipinski definition) is 4. The van der Waals surface area contributed by atoms with E-state index in [2.05, 4.69) is 0 Å². The van der Waals surface area contributed by atoms with Crippen molar-refractivity contribution < 1.29 is 14.4 Å². The lowest BCUT2D eigenvalue weighted by Crippen LogP contribution is -2.45. The van der Waals surface area contributed by atoms with Gasteiger partial charge in [0.1, 0.15) is 0 Å². The van der Waals surface area contributed by atoms with Gasteiger partial charge in [0.05, 0.1) is 5.54 Å². The van der Waals surface area contributed by atoms with Gasteiger partial charge in [-0.05, 0) is 51.6 Å². The first kappa shape index (κ1) is 17.2. The number of hydrogen-bond donors (Lipinski definition) is 0. The van der Waals surface area contributed by atoms with Crippen molar-refractivity contribution in [3.63, 3.8) is 0 Å². The van der Waals surface area contributed by atoms with E-state index in [-0.39, 0.29) is 5.78 Å². The van der Waals surface area contributed by atoms with Gasteiger partial charge in [0, 0.05) is 16.7 Å². The molecule has 128 valence electrons. The van der Waals surface area contributed by atoms with Gasteiger partial charge < -0.3 is 0 Å². The number of Topliss-reactive ketones (excluding diaryl/α,β-unsaturated/α-hetero) is 3. The molecule has 3 rings (SSSR count). The Kier molecular flexibility index (Phi) is 4.17. The maximum Gasteiger partial charge on any atom is 0.233 e. The number of rotatable bonds is 3. The Morgan fingerprint density at radius 3 is 2.20 bits per heavy atom. The normalized spacial score (nSPS) is 14.1. The van der Waals surface area contributed by atoms with Gasteiger partial charge in [-0.15, -0.1) is 0 Å². The van der Waals surface area contributed by atoms with E-state index in [0.29, 0.717) is 23.1 Å². The molecule has 0 unspecified atom stereocenters. The molecule has 2 aromatic rings. The summed E-state index contributed by atoms with van der Waals surface area (Å²) in [6.07, 6.45) is 0.508. The van der Waals surface area contributed by atoms with Crippen LogP contribution >= 0.6 is 0 Å². The Bertz CT molecular complexity index is 894. The summed E-state index contributed by atoms with van der Waals surface area (Å²) in [6, 6.07) is 12.3. The molecule has 0 bridgehead atoms. The molecule has 0 aliphatic heterocycles. The van der Waals surface area contributed by atoms with E-state index in [9.17, 15) is 14.4 Å². The van der Waals surface area contributed by atoms with Gasteiger partial charge in [0.25, 0.3) is 0 Å². The van der Waals surface area contributed by atoms with Crippen molar-refractivity contribution in [2.75, 3.05) is 14.1 Å². The molecule has 0 N–H and O–H groups in total. The summed E-state index contributed by atoms with van der Waals surface area (Å²) in [5.41, 5.74) is 2.15. The fraction of sp³-hybridized carbons (Fsp3) is 0.286. The van der Waals surface area contributed by atoms with Crippen LogP contribution < -0.4 is 0 Å². The van der Waals surface area contributed by atoms with Crippen LogP contribution in [0.4, 0.5) is 0 Å². The lowest BCUT2D eigenvalue weighted by atomic mass is 9.89. The van der Waals surface area contributed by atoms with Gasteiger partial charge in [-0.25, -0.2) is 0 Å². The standard InChI is InChI=1S/C21H21NO3/c1-21(2,22(3)4)20(25)15-10-9-14-11-13-7-5-6-8-16(13)18(23)19(24)17(14)12-15/h5-10,12H,11H2,1-4H3. The van der Waals surface area contributed by atoms with Crippen molar-refractivity contribution in [3.05, 3.63) is 70.3 Å². The van der Waals surface area contributed by atoms with E-state index in [0.717, 1.165) is 11.1 Å². The predicted molar refractivity (Wildman–Crippen MR) is 96.4 cm³/mol. The first-order valence-corrected chi connectivity index (χ1v) is 8.25. The molecule has 0 atom stereocenters. The zero-order valence-corrected chi connectivity index (χ0v) is 14.9. The summed E-state index contributed by atoms with van der Waals surface area (Å²) >= 11 is 0. The second-order valence-corrected chi connectivity index (χ2v) is 7.15. The molecule has 2 aromatic carbocycles. The number of benzene rings is 2. The minimum absolute atomic E-state index is 0.0812. The summed E-state index contributed by atoms with van der Waals surface area (Å²) in [5, 5.41) is 0. The molecular weight excluding hydrogens is 314 g/mol. The molecular formula is C21H21NO3. The highest BCUT2D eigenvalue weighted by Crippen LogP contribution is 2.27. The number of likely N-dealkylation sites (N-methyl/N-ethyl adjacent to an activating group) is 1. The molecule has 4 heteroatoms. The van der Waals surface area contributed by atoms with Crippen molar-refractivity contribution in [2.45, 2.75) is 25.8 Å². The van der Waals surface area contributed by atoms with Crippen LogP contribution in [0.1, 0.15) is 56.0 Å². The van der Waals surface area contributed by atoms with Crippen LogP contribution in [0.25, 0.3) is 0 Å². The number of carbonyl (C=O) groups is 3. The zero-order valence-electron chi connectivity index (χ0n) is 14.9. The van der Waals surface area contributed by atoms with Gasteiger partial charge in [-0.2, -0.15) is 0 Å². The van der Waals surface area contributed by atoms with Crippen molar-refractivity contribution in [1.29, 1.82) is 0 Å². The van der Waals surface area contributed by atoms with Crippen LogP contribution in [0.15, 0.2) is 42.5 Å². The Morgan fingerprint density at radius 1 is 0.920 bits per heavy atom. The predicted octanol–water partition coefficient (Wildman–Crippen LogP) is 3.18. The van der Waals surface area contributed by atoms with E-state index in [1.165, 1.54) is 0 Å². The summed E-state index contributed by atoms with van der Waals surface area (Å²) in [4.78, 5) is 39.9. The molecule has 0 fully saturated rings. The zero-order chi connectivity index (χ0) is 18.4. The molecule has 1 aliphatic carbocycles. The fourth-order valence-electron chi connectivity index (χ4n) is 2.99. The van der Waals surface area contributed by atoms with Gasteiger partial charge in [0.2, 0.25) is 11.6 Å². The average molecular weight is 335 g/mol. The van der Waals surface area contributed by atoms with Crippen molar-refractivity contribution in [3.8, 4) is 0 Å². The van der Waals surface area contributed by atoms with E-state index < -0.39 is 17.1 Å². The van der Waals surface area contributed by atoms with E-state index in [1.807, 2.05) is 45.0 Å². The maximum absolute atomic E-state index is 12.8. The molecule has 0 saturated carbocycles. The van der Waals surface area contributed by atoms with E-state index in [1.54, 1.807) is 30.3 Å². The minimum atomic E-state index is -0.699. The molecule has 0 spiro atoms. The summed E-state index contributed by atoms with van der Waals surface area (Å²) < 4.78 is 0. The summed E-state index contributed by atoms with van der Waals surface area (Å²) in [6.45, 7) is 3.67. The largest absolute Gasteiger partial charge is 0.297 e. The monoisotopic (exact) mass is 335 g/mol. The minimum Gasteiger partial charge on any atom is -0.297 e. The smallest absolute Gasteiger partial charge is 0.233 e. The Hall–Kier alpha value is -2.59. The number of fused-ring (bicyclic) bond motifs is 2. The third-order valence-electron chi connectivity index (χ3n) is 5.14. The Morgan fingerprint density at radius 2 is 1.52 bits per heavy atom. The quantitative estimate of drug-likeness (QED) is 0.638. The van der Waals surface area contributed by atoms with E-state index >= 15 is 0 Å². The van der Waals surface area contributed by atoms with E-state index in [4.69, 9.17) is 0 Å². The van der Waals surface area contributed by atoms with Crippen LogP contribution in [-0.4, -0.2) is 41.9 Å². The highest BCUT2D eigenvalue weighted by Gasteiger charge is 2.33. The lowest BCUT2D eigenvalue weighted by molar-refractivity contribution is 0.0755. The Labute approximate surface area is 147 Å². The van der Waals surface area contributed by atoms with Crippen LogP contribution in [0.2, 0.25) is 0 Å². The molecule has 25 heavy (non-hydrogen) atoms. The first-order valence-electron chi connectivity index (χ1n) is 8.25. The second kappa shape index (κ2) is 6.05. The molecule has 0 heterocycles. The summed E-state index contributed by atoms with van der Waals surface area (Å²) in [7, 11) is 3.68. The highest BCUT2D eigenvalue weighted by atomic mass is 16.2. The molecule has 0 radical (unpaired) electrons. The number of carbonyl (C=O) groups excluding carboxylic acids is 3. The number of nitrogens with zero attached hydrogens (tertiary/aromatic N) is 1. The third-order valence-corrected chi connectivity index (χ3v) is 5.14. The maximum atomic E-state index is 12.8. The molecule has 0 saturated heterocycles. The van der Waals surface area contributed by atoms with Crippen LogP contribution in [0.5, 0.6) is 0 Å². The molecule has 0 amide bonds. The number of ketones is 3. The SMILES string of the molecule is CN(C)C(C)(C)C(=O)c1ccc2c(c1)C(=O)C(=O)c1ccccc1C2. The van der Waals surface area contributed by atoms with Gasteiger partial charge in [-0.1, -0.05) is 36.4 Å². The second-order valence-electron chi connectivity index (χ2n) is 7.15. The average Bonchev–Trinajstić information content (AvgIpc) is 2.70. The van der Waals surface area contributed by atoms with Gasteiger partial charge in [-0.3, -0.25) is 19.3 Å². The lowest BCUT2D eigenvalue weighted by Gasteiger charge is -2.31. The van der Waals surface area contributed by atoms with Crippen molar-refractivity contribution >= 4 is 17.3 Å². The topological polar surface area (TPSA) is 54.5 Å². The first-order chi connectivity index (χ1) is 11.7. The van der Waals surface area contributed by atoms with Crippen molar-refractivity contribution in [1.82, 2.24) is 4.90 Å². The van der Waals surface area contributed by atoms with Crippen LogP contribution in [-0.2, 0) is 6.42 Å². The summed E-state index contributed by atoms with van der Waals surface area (Å²) in [5.74, 6) is -1.13. The van der Waals surface area contributed by atoms with Gasteiger partial charge >= 0.3 is 0 Å². The van der Waals surface area contributed by atoms with Crippen LogP contribution in [0.3, 0.4) is 0 Å². The van der Waals surface area contributed by atoms with Gasteiger partial charge in [0.15, 0.2) is 5.78 Å². The Balaban J connectivity index is 2.09. The fourth-order valence-corrected chi connectivity index (χ4v) is 2.99. The molecule has 1 aliphatic rings.